The Hall–Kier alpha value is -2.35. The van der Waals surface area contributed by atoms with Crippen LogP contribution in [0.3, 0.4) is 0 Å². The molecule has 136 valence electrons. The van der Waals surface area contributed by atoms with E-state index >= 15 is 0 Å². The zero-order valence-electron chi connectivity index (χ0n) is 14.6. The van der Waals surface area contributed by atoms with Crippen molar-refractivity contribution in [3.8, 4) is 0 Å². The fraction of sp³-hybridized carbons (Fsp3) is 0.588. The first-order chi connectivity index (χ1) is 12.4. The number of ether oxygens (including phenoxy) is 1. The van der Waals surface area contributed by atoms with Crippen LogP contribution in [0.1, 0.15) is 30.3 Å². The van der Waals surface area contributed by atoms with Gasteiger partial charge in [0.15, 0.2) is 5.96 Å². The molecule has 8 nitrogen and oxygen atoms in total. The van der Waals surface area contributed by atoms with E-state index in [0.717, 1.165) is 56.4 Å². The number of H-pyrrole nitrogens is 1. The molecule has 0 saturated carbocycles. The first-order valence-corrected chi connectivity index (χ1v) is 8.76. The average Bonchev–Trinajstić information content (AvgIpc) is 3.35. The van der Waals surface area contributed by atoms with Crippen molar-refractivity contribution < 1.29 is 9.15 Å². The molecule has 8 heteroatoms. The number of nitrogens with one attached hydrogen (secondary N) is 2. The van der Waals surface area contributed by atoms with Crippen molar-refractivity contribution >= 4 is 5.96 Å². The van der Waals surface area contributed by atoms with Gasteiger partial charge in [-0.15, -0.1) is 0 Å². The second-order valence-corrected chi connectivity index (χ2v) is 6.09. The summed E-state index contributed by atoms with van der Waals surface area (Å²) in [6, 6.07) is 3.91. The van der Waals surface area contributed by atoms with Crippen LogP contribution in [-0.4, -0.2) is 65.9 Å². The number of piperidine rings is 1. The van der Waals surface area contributed by atoms with E-state index in [1.807, 2.05) is 12.1 Å². The third-order valence-corrected chi connectivity index (χ3v) is 4.41. The lowest BCUT2D eigenvalue weighted by atomic mass is 9.96. The van der Waals surface area contributed by atoms with Crippen molar-refractivity contribution in [3.63, 3.8) is 0 Å². The van der Waals surface area contributed by atoms with Crippen molar-refractivity contribution in [2.24, 2.45) is 4.99 Å². The molecular weight excluding hydrogens is 320 g/mol. The maximum atomic E-state index is 5.38. The molecule has 0 unspecified atom stereocenters. The fourth-order valence-electron chi connectivity index (χ4n) is 3.04. The van der Waals surface area contributed by atoms with Crippen LogP contribution in [0, 0.1) is 0 Å². The molecule has 0 spiro atoms. The maximum absolute atomic E-state index is 5.38. The van der Waals surface area contributed by atoms with E-state index in [1.54, 1.807) is 19.7 Å². The van der Waals surface area contributed by atoms with Crippen LogP contribution in [0.2, 0.25) is 0 Å². The van der Waals surface area contributed by atoms with E-state index in [9.17, 15) is 0 Å². The van der Waals surface area contributed by atoms with Gasteiger partial charge in [0, 0.05) is 39.1 Å². The highest BCUT2D eigenvalue weighted by molar-refractivity contribution is 5.80. The summed E-state index contributed by atoms with van der Waals surface area (Å²) < 4.78 is 10.5. The van der Waals surface area contributed by atoms with E-state index < -0.39 is 0 Å². The van der Waals surface area contributed by atoms with Gasteiger partial charge in [0.05, 0.1) is 19.4 Å². The summed E-state index contributed by atoms with van der Waals surface area (Å²) in [6.45, 7) is 3.97. The zero-order chi connectivity index (χ0) is 17.3. The minimum atomic E-state index is 0.446. The Morgan fingerprint density at radius 1 is 1.48 bits per heavy atom. The van der Waals surface area contributed by atoms with Gasteiger partial charge in [-0.05, 0) is 25.0 Å². The van der Waals surface area contributed by atoms with Crippen molar-refractivity contribution in [1.29, 1.82) is 0 Å². The van der Waals surface area contributed by atoms with Crippen LogP contribution < -0.4 is 5.32 Å². The smallest absolute Gasteiger partial charge is 0.194 e. The molecule has 0 bridgehead atoms. The lowest BCUT2D eigenvalue weighted by molar-refractivity contribution is 0.207. The third-order valence-electron chi connectivity index (χ3n) is 4.41. The van der Waals surface area contributed by atoms with E-state index in [1.165, 1.54) is 0 Å². The van der Waals surface area contributed by atoms with Crippen molar-refractivity contribution in [2.45, 2.75) is 25.2 Å². The Balaban J connectivity index is 1.52. The molecule has 25 heavy (non-hydrogen) atoms. The molecule has 2 aromatic heterocycles. The molecule has 0 aliphatic carbocycles. The van der Waals surface area contributed by atoms with Crippen molar-refractivity contribution in [2.75, 3.05) is 39.9 Å². The van der Waals surface area contributed by atoms with Crippen molar-refractivity contribution in [1.82, 2.24) is 25.4 Å². The first-order valence-electron chi connectivity index (χ1n) is 8.76. The molecule has 2 N–H and O–H groups in total. The number of furan rings is 1. The van der Waals surface area contributed by atoms with Gasteiger partial charge in [-0.2, -0.15) is 5.10 Å². The summed E-state index contributed by atoms with van der Waals surface area (Å²) in [4.78, 5) is 11.3. The molecule has 1 fully saturated rings. The number of aromatic amines is 1. The number of aliphatic imine (C=N–C) groups is 1. The summed E-state index contributed by atoms with van der Waals surface area (Å²) >= 11 is 0. The predicted molar refractivity (Wildman–Crippen MR) is 94.5 cm³/mol. The largest absolute Gasteiger partial charge is 0.469 e. The van der Waals surface area contributed by atoms with E-state index in [2.05, 4.69) is 30.4 Å². The molecule has 3 rings (SSSR count). The quantitative estimate of drug-likeness (QED) is 0.447. The first kappa shape index (κ1) is 17.5. The summed E-state index contributed by atoms with van der Waals surface area (Å²) in [5.74, 6) is 3.36. The van der Waals surface area contributed by atoms with Gasteiger partial charge in [0.1, 0.15) is 17.9 Å². The third kappa shape index (κ3) is 5.06. The van der Waals surface area contributed by atoms with E-state index in [-0.39, 0.29) is 0 Å². The Bertz CT molecular complexity index is 618. The highest BCUT2D eigenvalue weighted by Crippen LogP contribution is 2.24. The minimum Gasteiger partial charge on any atom is -0.469 e. The Morgan fingerprint density at radius 3 is 3.04 bits per heavy atom. The van der Waals surface area contributed by atoms with Crippen LogP contribution >= 0.6 is 0 Å². The molecule has 0 radical (unpaired) electrons. The Labute approximate surface area is 147 Å². The molecule has 2 aromatic rings. The monoisotopic (exact) mass is 346 g/mol. The lowest BCUT2D eigenvalue weighted by Gasteiger charge is -2.33. The maximum Gasteiger partial charge on any atom is 0.194 e. The SMILES string of the molecule is COCCN=C(NCCc1ccco1)N1CCC(c2ncn[nH]2)CC1. The number of rotatable bonds is 7. The molecule has 0 aromatic carbocycles. The normalized spacial score (nSPS) is 16.4. The minimum absolute atomic E-state index is 0.446. The van der Waals surface area contributed by atoms with Gasteiger partial charge in [0.2, 0.25) is 0 Å². The summed E-state index contributed by atoms with van der Waals surface area (Å²) in [5.41, 5.74) is 0. The van der Waals surface area contributed by atoms with Crippen LogP contribution in [0.15, 0.2) is 34.1 Å². The Morgan fingerprint density at radius 2 is 2.36 bits per heavy atom. The predicted octanol–water partition coefficient (Wildman–Crippen LogP) is 1.41. The van der Waals surface area contributed by atoms with Crippen LogP contribution in [0.25, 0.3) is 0 Å². The number of methoxy groups -OCH3 is 1. The number of nitrogens with zero attached hydrogens (tertiary/aromatic N) is 4. The number of guanidine groups is 1. The van der Waals surface area contributed by atoms with Gasteiger partial charge in [0.25, 0.3) is 0 Å². The van der Waals surface area contributed by atoms with E-state index in [4.69, 9.17) is 9.15 Å². The van der Waals surface area contributed by atoms with Crippen LogP contribution in [0.5, 0.6) is 0 Å². The average molecular weight is 346 g/mol. The Kier molecular flexibility index (Phi) is 6.44. The molecular formula is C17H26N6O2. The number of aromatic nitrogens is 3. The summed E-state index contributed by atoms with van der Waals surface area (Å²) in [7, 11) is 1.70. The van der Waals surface area contributed by atoms with E-state index in [0.29, 0.717) is 19.1 Å². The molecule has 1 aliphatic rings. The second kappa shape index (κ2) is 9.22. The molecule has 0 amide bonds. The highest BCUT2D eigenvalue weighted by atomic mass is 16.5. The molecule has 0 atom stereocenters. The van der Waals surface area contributed by atoms with Crippen LogP contribution in [-0.2, 0) is 11.2 Å². The van der Waals surface area contributed by atoms with Gasteiger partial charge in [-0.3, -0.25) is 10.1 Å². The standard InChI is InChI=1S/C17H26N6O2/c1-24-12-8-19-17(18-7-4-15-3-2-11-25-15)23-9-5-14(6-10-23)16-20-13-21-22-16/h2-3,11,13-14H,4-10,12H2,1H3,(H,18,19)(H,20,21,22). The topological polar surface area (TPSA) is 91.6 Å². The molecule has 3 heterocycles. The second-order valence-electron chi connectivity index (χ2n) is 6.09. The lowest BCUT2D eigenvalue weighted by Crippen LogP contribution is -2.46. The summed E-state index contributed by atoms with van der Waals surface area (Å²) in [6.07, 6.45) is 6.20. The number of hydrogen-bond donors (Lipinski definition) is 2. The van der Waals surface area contributed by atoms with Gasteiger partial charge >= 0.3 is 0 Å². The van der Waals surface area contributed by atoms with Crippen molar-refractivity contribution in [3.05, 3.63) is 36.3 Å². The fourth-order valence-corrected chi connectivity index (χ4v) is 3.04. The molecule has 1 saturated heterocycles. The van der Waals surface area contributed by atoms with Gasteiger partial charge < -0.3 is 19.4 Å². The van der Waals surface area contributed by atoms with Gasteiger partial charge in [-0.25, -0.2) is 4.98 Å². The molecule has 1 aliphatic heterocycles. The van der Waals surface area contributed by atoms with Gasteiger partial charge in [-0.1, -0.05) is 0 Å². The number of likely N-dealkylation sites (tertiary alicyclic amines) is 1. The number of hydrogen-bond acceptors (Lipinski definition) is 5. The highest BCUT2D eigenvalue weighted by Gasteiger charge is 2.24. The zero-order valence-corrected chi connectivity index (χ0v) is 14.6. The summed E-state index contributed by atoms with van der Waals surface area (Å²) in [5, 5.41) is 10.4. The van der Waals surface area contributed by atoms with Crippen LogP contribution in [0.4, 0.5) is 0 Å².